The summed E-state index contributed by atoms with van der Waals surface area (Å²) >= 11 is 1.56. The topological polar surface area (TPSA) is 46.6 Å². The molecule has 4 nitrogen and oxygen atoms in total. The van der Waals surface area contributed by atoms with Crippen LogP contribution < -0.4 is 0 Å². The molecule has 1 heterocycles. The van der Waals surface area contributed by atoms with Crippen LogP contribution in [0.4, 0.5) is 0 Å². The summed E-state index contributed by atoms with van der Waals surface area (Å²) in [5, 5.41) is 3.87. The number of thiophene rings is 1. The number of carbonyl (C=O) groups is 2. The predicted molar refractivity (Wildman–Crippen MR) is 63.0 cm³/mol. The van der Waals surface area contributed by atoms with Gasteiger partial charge in [-0.05, 0) is 28.5 Å². The summed E-state index contributed by atoms with van der Waals surface area (Å²) in [5.74, 6) is -0.656. The number of hydrogen-bond acceptors (Lipinski definition) is 4. The molecular weight excluding hydrogens is 226 g/mol. The Labute approximate surface area is 98.1 Å². The van der Waals surface area contributed by atoms with Crippen LogP contribution in [-0.2, 0) is 14.3 Å². The molecule has 0 unspecified atom stereocenters. The first kappa shape index (κ1) is 12.4. The van der Waals surface area contributed by atoms with Crippen molar-refractivity contribution in [1.29, 1.82) is 0 Å². The molecule has 0 saturated carbocycles. The summed E-state index contributed by atoms with van der Waals surface area (Å²) < 4.78 is 4.47. The molecule has 0 N–H and O–H groups in total. The quantitative estimate of drug-likeness (QED) is 0.589. The van der Waals surface area contributed by atoms with Crippen molar-refractivity contribution < 1.29 is 14.3 Å². The van der Waals surface area contributed by atoms with E-state index in [1.165, 1.54) is 18.1 Å². The smallest absolute Gasteiger partial charge is 0.325 e. The number of carbonyl (C=O) groups excluding carboxylic acids is 2. The van der Waals surface area contributed by atoms with Crippen LogP contribution in [0.1, 0.15) is 5.56 Å². The molecule has 0 aliphatic rings. The van der Waals surface area contributed by atoms with Crippen molar-refractivity contribution in [2.45, 2.75) is 0 Å². The molecule has 1 rings (SSSR count). The van der Waals surface area contributed by atoms with Gasteiger partial charge >= 0.3 is 5.97 Å². The number of methoxy groups -OCH3 is 1. The predicted octanol–water partition coefficient (Wildman–Crippen LogP) is 1.39. The SMILES string of the molecule is COC(=O)CN(C)C(=O)C=Cc1ccsc1. The molecular formula is C11H13NO3S. The van der Waals surface area contributed by atoms with E-state index >= 15 is 0 Å². The van der Waals surface area contributed by atoms with Crippen LogP contribution in [0.5, 0.6) is 0 Å². The van der Waals surface area contributed by atoms with Gasteiger partial charge in [0, 0.05) is 13.1 Å². The summed E-state index contributed by atoms with van der Waals surface area (Å²) in [6.07, 6.45) is 3.15. The Hall–Kier alpha value is -1.62. The van der Waals surface area contributed by atoms with Gasteiger partial charge in [0.1, 0.15) is 6.54 Å². The van der Waals surface area contributed by atoms with Gasteiger partial charge in [-0.3, -0.25) is 9.59 Å². The average molecular weight is 239 g/mol. The van der Waals surface area contributed by atoms with Crippen molar-refractivity contribution in [2.75, 3.05) is 20.7 Å². The second kappa shape index (κ2) is 6.07. The number of rotatable bonds is 4. The van der Waals surface area contributed by atoms with Crippen molar-refractivity contribution in [2.24, 2.45) is 0 Å². The maximum atomic E-state index is 11.5. The molecule has 16 heavy (non-hydrogen) atoms. The maximum absolute atomic E-state index is 11.5. The van der Waals surface area contributed by atoms with Crippen molar-refractivity contribution in [3.8, 4) is 0 Å². The van der Waals surface area contributed by atoms with E-state index in [9.17, 15) is 9.59 Å². The number of hydrogen-bond donors (Lipinski definition) is 0. The summed E-state index contributed by atoms with van der Waals surface area (Å²) in [4.78, 5) is 23.7. The van der Waals surface area contributed by atoms with Crippen LogP contribution in [0.2, 0.25) is 0 Å². The van der Waals surface area contributed by atoms with Crippen LogP contribution in [-0.4, -0.2) is 37.5 Å². The molecule has 0 saturated heterocycles. The number of likely N-dealkylation sites (N-methyl/N-ethyl adjacent to an activating group) is 1. The molecule has 0 aliphatic heterocycles. The molecule has 1 amide bonds. The zero-order valence-corrected chi connectivity index (χ0v) is 9.99. The van der Waals surface area contributed by atoms with E-state index in [0.29, 0.717) is 0 Å². The lowest BCUT2D eigenvalue weighted by molar-refractivity contribution is -0.144. The van der Waals surface area contributed by atoms with Crippen LogP contribution in [0.3, 0.4) is 0 Å². The van der Waals surface area contributed by atoms with Crippen LogP contribution >= 0.6 is 11.3 Å². The maximum Gasteiger partial charge on any atom is 0.325 e. The van der Waals surface area contributed by atoms with E-state index in [2.05, 4.69) is 4.74 Å². The van der Waals surface area contributed by atoms with Gasteiger partial charge in [-0.25, -0.2) is 0 Å². The fraction of sp³-hybridized carbons (Fsp3) is 0.273. The first-order chi connectivity index (χ1) is 7.63. The first-order valence-corrected chi connectivity index (χ1v) is 5.60. The third kappa shape index (κ3) is 3.86. The lowest BCUT2D eigenvalue weighted by atomic mass is 10.3. The Morgan fingerprint density at radius 1 is 1.56 bits per heavy atom. The summed E-state index contributed by atoms with van der Waals surface area (Å²) in [5.41, 5.74) is 0.977. The monoisotopic (exact) mass is 239 g/mol. The fourth-order valence-corrected chi connectivity index (χ4v) is 1.63. The van der Waals surface area contributed by atoms with Crippen molar-refractivity contribution in [1.82, 2.24) is 4.90 Å². The highest BCUT2D eigenvalue weighted by molar-refractivity contribution is 7.08. The van der Waals surface area contributed by atoms with E-state index in [-0.39, 0.29) is 12.5 Å². The van der Waals surface area contributed by atoms with E-state index in [1.807, 2.05) is 16.8 Å². The lowest BCUT2D eigenvalue weighted by Crippen LogP contribution is -2.31. The van der Waals surface area contributed by atoms with Gasteiger partial charge in [0.15, 0.2) is 0 Å². The highest BCUT2D eigenvalue weighted by Gasteiger charge is 2.09. The van der Waals surface area contributed by atoms with Crippen molar-refractivity contribution in [3.05, 3.63) is 28.5 Å². The molecule has 0 atom stereocenters. The molecule has 0 aliphatic carbocycles. The molecule has 0 bridgehead atoms. The first-order valence-electron chi connectivity index (χ1n) is 4.65. The summed E-state index contributed by atoms with van der Waals surface area (Å²) in [7, 11) is 2.85. The molecule has 5 heteroatoms. The molecule has 1 aromatic heterocycles. The van der Waals surface area contributed by atoms with Gasteiger partial charge in [-0.15, -0.1) is 0 Å². The van der Waals surface area contributed by atoms with Crippen LogP contribution in [0.25, 0.3) is 6.08 Å². The normalized spacial score (nSPS) is 10.4. The number of ether oxygens (including phenoxy) is 1. The highest BCUT2D eigenvalue weighted by Crippen LogP contribution is 2.07. The Balaban J connectivity index is 2.49. The second-order valence-electron chi connectivity index (χ2n) is 3.16. The summed E-state index contributed by atoms with van der Waals surface area (Å²) in [6, 6.07) is 1.91. The van der Waals surface area contributed by atoms with Gasteiger partial charge in [0.25, 0.3) is 0 Å². The Morgan fingerprint density at radius 2 is 2.31 bits per heavy atom. The number of esters is 1. The Kier molecular flexibility index (Phi) is 4.72. The van der Waals surface area contributed by atoms with Crippen LogP contribution in [0.15, 0.2) is 22.9 Å². The zero-order chi connectivity index (χ0) is 12.0. The van der Waals surface area contributed by atoms with Crippen molar-refractivity contribution in [3.63, 3.8) is 0 Å². The van der Waals surface area contributed by atoms with E-state index in [1.54, 1.807) is 24.5 Å². The molecule has 0 spiro atoms. The Bertz CT molecular complexity index is 384. The van der Waals surface area contributed by atoms with Gasteiger partial charge in [0.05, 0.1) is 7.11 Å². The number of nitrogens with zero attached hydrogens (tertiary/aromatic N) is 1. The molecule has 0 fully saturated rings. The minimum atomic E-state index is -0.431. The van der Waals surface area contributed by atoms with E-state index in [0.717, 1.165) is 5.56 Å². The van der Waals surface area contributed by atoms with E-state index in [4.69, 9.17) is 0 Å². The molecule has 0 radical (unpaired) electrons. The second-order valence-corrected chi connectivity index (χ2v) is 3.94. The Morgan fingerprint density at radius 3 is 2.88 bits per heavy atom. The minimum absolute atomic E-state index is 0.0384. The largest absolute Gasteiger partial charge is 0.468 e. The lowest BCUT2D eigenvalue weighted by Gasteiger charge is -2.12. The highest BCUT2D eigenvalue weighted by atomic mass is 32.1. The number of amides is 1. The van der Waals surface area contributed by atoms with Crippen molar-refractivity contribution >= 4 is 29.3 Å². The van der Waals surface area contributed by atoms with Crippen LogP contribution in [0, 0.1) is 0 Å². The van der Waals surface area contributed by atoms with Gasteiger partial charge < -0.3 is 9.64 Å². The fourth-order valence-electron chi connectivity index (χ4n) is 1.00. The molecule has 86 valence electrons. The third-order valence-electron chi connectivity index (χ3n) is 1.93. The summed E-state index contributed by atoms with van der Waals surface area (Å²) in [6.45, 7) is -0.0384. The van der Waals surface area contributed by atoms with Gasteiger partial charge in [0.2, 0.25) is 5.91 Å². The molecule has 0 aromatic carbocycles. The van der Waals surface area contributed by atoms with Gasteiger partial charge in [-0.2, -0.15) is 11.3 Å². The standard InChI is InChI=1S/C11H13NO3S/c1-12(7-11(14)15-2)10(13)4-3-9-5-6-16-8-9/h3-6,8H,7H2,1-2H3. The average Bonchev–Trinajstić information content (AvgIpc) is 2.78. The van der Waals surface area contributed by atoms with E-state index < -0.39 is 5.97 Å². The third-order valence-corrected chi connectivity index (χ3v) is 2.63. The molecule has 1 aromatic rings. The minimum Gasteiger partial charge on any atom is -0.468 e. The van der Waals surface area contributed by atoms with Gasteiger partial charge in [-0.1, -0.05) is 0 Å². The zero-order valence-electron chi connectivity index (χ0n) is 9.17.